The molecule has 152 valence electrons. The van der Waals surface area contributed by atoms with Crippen molar-refractivity contribution in [3.8, 4) is 11.4 Å². The van der Waals surface area contributed by atoms with Gasteiger partial charge in [-0.1, -0.05) is 42.1 Å². The van der Waals surface area contributed by atoms with Gasteiger partial charge in [0.25, 0.3) is 5.56 Å². The van der Waals surface area contributed by atoms with Gasteiger partial charge in [-0.05, 0) is 37.3 Å². The molecule has 0 radical (unpaired) electrons. The van der Waals surface area contributed by atoms with Crippen molar-refractivity contribution in [3.63, 3.8) is 0 Å². The molecule has 3 N–H and O–H groups in total. The molecule has 4 rings (SSSR count). The Labute approximate surface area is 175 Å². The van der Waals surface area contributed by atoms with Crippen LogP contribution >= 0.6 is 11.8 Å². The van der Waals surface area contributed by atoms with Gasteiger partial charge in [0.2, 0.25) is 0 Å². The van der Waals surface area contributed by atoms with E-state index in [-0.39, 0.29) is 17.1 Å². The Morgan fingerprint density at radius 3 is 2.47 bits per heavy atom. The summed E-state index contributed by atoms with van der Waals surface area (Å²) in [6, 6.07) is 16.8. The third-order valence-electron chi connectivity index (χ3n) is 4.50. The molecule has 9 heteroatoms. The second-order valence-electron chi connectivity index (χ2n) is 6.55. The fourth-order valence-electron chi connectivity index (χ4n) is 3.16. The Bertz CT molecular complexity index is 1280. The number of carbonyl (C=O) groups is 1. The zero-order valence-electron chi connectivity index (χ0n) is 15.9. The summed E-state index contributed by atoms with van der Waals surface area (Å²) in [6.45, 7) is 1.63. The summed E-state index contributed by atoms with van der Waals surface area (Å²) in [6.07, 6.45) is 0.436. The number of para-hydroxylation sites is 2. The molecule has 0 aliphatic heterocycles. The van der Waals surface area contributed by atoms with E-state index in [1.165, 1.54) is 20.8 Å². The number of aromatic nitrogens is 3. The van der Waals surface area contributed by atoms with Gasteiger partial charge >= 0.3 is 6.09 Å². The maximum atomic E-state index is 13.5. The number of aromatic hydroxyl groups is 1. The number of carboxylic acid groups (broad SMARTS) is 1. The van der Waals surface area contributed by atoms with Gasteiger partial charge < -0.3 is 15.5 Å². The van der Waals surface area contributed by atoms with Crippen LogP contribution in [0.1, 0.15) is 18.8 Å². The summed E-state index contributed by atoms with van der Waals surface area (Å²) in [5.74, 6) is 0.380. The van der Waals surface area contributed by atoms with Crippen LogP contribution in [0.3, 0.4) is 0 Å². The normalized spacial score (nSPS) is 12.0. The second kappa shape index (κ2) is 7.96. The van der Waals surface area contributed by atoms with Crippen LogP contribution in [0, 0.1) is 0 Å². The molecule has 0 aliphatic carbocycles. The van der Waals surface area contributed by atoms with E-state index in [0.29, 0.717) is 21.0 Å². The van der Waals surface area contributed by atoms with Gasteiger partial charge in [-0.25, -0.2) is 9.31 Å². The standard InChI is InChI=1S/C21H18N4O4S/c1-13(22-21(28)29)19-23-24-12-11-17(30-16-10-6-5-9-15(16)26)18(24)20(27)25(19)14-7-3-2-4-8-14/h2-13,22,26H,1H3,(H,28,29). The van der Waals surface area contributed by atoms with Gasteiger partial charge in [-0.2, -0.15) is 5.10 Å². The minimum atomic E-state index is -1.21. The molecule has 2 heterocycles. The first-order valence-electron chi connectivity index (χ1n) is 9.10. The lowest BCUT2D eigenvalue weighted by molar-refractivity contribution is 0.190. The van der Waals surface area contributed by atoms with Crippen molar-refractivity contribution in [1.82, 2.24) is 19.5 Å². The number of amides is 1. The monoisotopic (exact) mass is 422 g/mol. The highest BCUT2D eigenvalue weighted by Gasteiger charge is 2.22. The van der Waals surface area contributed by atoms with E-state index in [0.717, 1.165) is 0 Å². The van der Waals surface area contributed by atoms with Crippen molar-refractivity contribution in [2.75, 3.05) is 0 Å². The molecule has 1 unspecified atom stereocenters. The van der Waals surface area contributed by atoms with Gasteiger partial charge in [0.05, 0.1) is 16.6 Å². The zero-order chi connectivity index (χ0) is 21.3. The average Bonchev–Trinajstić information content (AvgIpc) is 3.13. The van der Waals surface area contributed by atoms with E-state index in [2.05, 4.69) is 10.4 Å². The van der Waals surface area contributed by atoms with Crippen LogP contribution in [0.2, 0.25) is 0 Å². The molecule has 0 fully saturated rings. The summed E-state index contributed by atoms with van der Waals surface area (Å²) in [4.78, 5) is 25.9. The quantitative estimate of drug-likeness (QED) is 0.453. The molecule has 0 saturated carbocycles. The van der Waals surface area contributed by atoms with Crippen LogP contribution in [0.5, 0.6) is 5.75 Å². The largest absolute Gasteiger partial charge is 0.507 e. The molecule has 0 aliphatic rings. The third kappa shape index (κ3) is 3.62. The SMILES string of the molecule is CC(NC(=O)O)c1nn2ccc(Sc3ccccc3O)c2c(=O)n1-c1ccccc1. The van der Waals surface area contributed by atoms with Crippen LogP contribution in [0.15, 0.2) is 81.4 Å². The van der Waals surface area contributed by atoms with E-state index in [9.17, 15) is 14.7 Å². The fourth-order valence-corrected chi connectivity index (χ4v) is 4.12. The molecule has 1 amide bonds. The Morgan fingerprint density at radius 2 is 1.77 bits per heavy atom. The highest BCUT2D eigenvalue weighted by atomic mass is 32.2. The molecule has 0 saturated heterocycles. The number of hydrogen-bond donors (Lipinski definition) is 3. The number of phenolic OH excluding ortho intramolecular Hbond substituents is 1. The Balaban J connectivity index is 1.93. The lowest BCUT2D eigenvalue weighted by Gasteiger charge is -2.18. The van der Waals surface area contributed by atoms with E-state index < -0.39 is 12.1 Å². The fraction of sp³-hybridized carbons (Fsp3) is 0.0952. The van der Waals surface area contributed by atoms with Gasteiger partial charge in [0, 0.05) is 11.1 Å². The summed E-state index contributed by atoms with van der Waals surface area (Å²) in [5, 5.41) is 26.1. The number of phenols is 1. The van der Waals surface area contributed by atoms with Gasteiger partial charge in [0.1, 0.15) is 11.3 Å². The molecule has 1 atom stereocenters. The van der Waals surface area contributed by atoms with Crippen molar-refractivity contribution >= 4 is 23.4 Å². The molecule has 0 spiro atoms. The lowest BCUT2D eigenvalue weighted by Crippen LogP contribution is -2.33. The van der Waals surface area contributed by atoms with Crippen LogP contribution < -0.4 is 10.9 Å². The van der Waals surface area contributed by atoms with Crippen molar-refractivity contribution in [3.05, 3.63) is 83.0 Å². The molecular formula is C21H18N4O4S. The maximum absolute atomic E-state index is 13.5. The van der Waals surface area contributed by atoms with Crippen LogP contribution in [-0.2, 0) is 0 Å². The van der Waals surface area contributed by atoms with Gasteiger partial charge in [0.15, 0.2) is 5.82 Å². The first-order valence-corrected chi connectivity index (χ1v) is 9.92. The molecule has 4 aromatic rings. The van der Waals surface area contributed by atoms with Crippen molar-refractivity contribution in [2.45, 2.75) is 22.8 Å². The number of hydrogen-bond acceptors (Lipinski definition) is 5. The molecule has 2 aromatic heterocycles. The second-order valence-corrected chi connectivity index (χ2v) is 7.63. The van der Waals surface area contributed by atoms with E-state index in [1.807, 2.05) is 6.07 Å². The van der Waals surface area contributed by atoms with E-state index >= 15 is 0 Å². The minimum absolute atomic E-state index is 0.120. The predicted molar refractivity (Wildman–Crippen MR) is 113 cm³/mol. The third-order valence-corrected chi connectivity index (χ3v) is 5.62. The zero-order valence-corrected chi connectivity index (χ0v) is 16.7. The maximum Gasteiger partial charge on any atom is 0.405 e. The Morgan fingerprint density at radius 1 is 1.07 bits per heavy atom. The number of rotatable bonds is 5. The number of nitrogens with one attached hydrogen (secondary N) is 1. The van der Waals surface area contributed by atoms with Gasteiger partial charge in [-0.3, -0.25) is 9.36 Å². The van der Waals surface area contributed by atoms with Crippen LogP contribution in [0.4, 0.5) is 4.79 Å². The van der Waals surface area contributed by atoms with E-state index in [4.69, 9.17) is 5.11 Å². The predicted octanol–water partition coefficient (Wildman–Crippen LogP) is 3.67. The van der Waals surface area contributed by atoms with Crippen LogP contribution in [0.25, 0.3) is 11.2 Å². The number of nitrogens with zero attached hydrogens (tertiary/aromatic N) is 3. The van der Waals surface area contributed by atoms with Crippen molar-refractivity contribution in [1.29, 1.82) is 0 Å². The first kappa shape index (κ1) is 19.6. The minimum Gasteiger partial charge on any atom is -0.507 e. The molecule has 30 heavy (non-hydrogen) atoms. The molecule has 2 aromatic carbocycles. The Kier molecular flexibility index (Phi) is 5.20. The summed E-state index contributed by atoms with van der Waals surface area (Å²) in [7, 11) is 0. The highest BCUT2D eigenvalue weighted by molar-refractivity contribution is 7.99. The number of fused-ring (bicyclic) bond motifs is 1. The van der Waals surface area contributed by atoms with Crippen molar-refractivity contribution in [2.24, 2.45) is 0 Å². The summed E-state index contributed by atoms with van der Waals surface area (Å²) >= 11 is 1.26. The lowest BCUT2D eigenvalue weighted by atomic mass is 10.2. The first-order chi connectivity index (χ1) is 14.5. The van der Waals surface area contributed by atoms with Gasteiger partial charge in [-0.15, -0.1) is 0 Å². The van der Waals surface area contributed by atoms with E-state index in [1.54, 1.807) is 67.7 Å². The summed E-state index contributed by atoms with van der Waals surface area (Å²) < 4.78 is 2.85. The topological polar surface area (TPSA) is 109 Å². The highest BCUT2D eigenvalue weighted by Crippen LogP contribution is 2.35. The molecule has 0 bridgehead atoms. The molecule has 8 nitrogen and oxygen atoms in total. The number of benzene rings is 2. The smallest absolute Gasteiger partial charge is 0.405 e. The Hall–Kier alpha value is -3.72. The molecular weight excluding hydrogens is 404 g/mol. The van der Waals surface area contributed by atoms with Crippen molar-refractivity contribution < 1.29 is 15.0 Å². The average molecular weight is 422 g/mol. The van der Waals surface area contributed by atoms with Crippen LogP contribution in [-0.4, -0.2) is 30.5 Å². The summed E-state index contributed by atoms with van der Waals surface area (Å²) in [5.41, 5.74) is 0.567.